The molecular formula is C17H24F2N2O2. The molecule has 0 saturated carbocycles. The normalized spacial score (nSPS) is 18.8. The van der Waals surface area contributed by atoms with Crippen molar-refractivity contribution in [1.29, 1.82) is 0 Å². The molecule has 1 aliphatic rings. The van der Waals surface area contributed by atoms with Crippen molar-refractivity contribution >= 4 is 5.91 Å². The van der Waals surface area contributed by atoms with Gasteiger partial charge in [0.05, 0.1) is 0 Å². The molecule has 0 aromatic heterocycles. The molecule has 1 aliphatic heterocycles. The number of likely N-dealkylation sites (tertiary alicyclic amines) is 1. The predicted octanol–water partition coefficient (Wildman–Crippen LogP) is 2.91. The fraction of sp³-hybridized carbons (Fsp3) is 0.588. The molecule has 0 aliphatic carbocycles. The Morgan fingerprint density at radius 3 is 2.87 bits per heavy atom. The van der Waals surface area contributed by atoms with E-state index in [4.69, 9.17) is 0 Å². The van der Waals surface area contributed by atoms with Gasteiger partial charge in [-0.15, -0.1) is 0 Å². The van der Waals surface area contributed by atoms with E-state index in [1.54, 1.807) is 0 Å². The molecule has 1 atom stereocenters. The maximum atomic E-state index is 13.5. The molecule has 2 rings (SSSR count). The molecule has 1 aromatic rings. The summed E-state index contributed by atoms with van der Waals surface area (Å²) in [4.78, 5) is 14.3. The number of unbranched alkanes of at least 4 members (excludes halogenated alkanes) is 1. The Labute approximate surface area is 135 Å². The maximum Gasteiger partial charge on any atom is 0.258 e. The molecule has 6 heteroatoms. The van der Waals surface area contributed by atoms with E-state index < -0.39 is 28.9 Å². The van der Waals surface area contributed by atoms with Gasteiger partial charge in [-0.2, -0.15) is 0 Å². The number of halogens is 2. The third kappa shape index (κ3) is 5.16. The van der Waals surface area contributed by atoms with Crippen molar-refractivity contribution in [2.45, 2.75) is 32.6 Å². The molecule has 128 valence electrons. The zero-order valence-electron chi connectivity index (χ0n) is 13.4. The van der Waals surface area contributed by atoms with Crippen LogP contribution in [0.25, 0.3) is 0 Å². The second-order valence-corrected chi connectivity index (χ2v) is 6.29. The van der Waals surface area contributed by atoms with Crippen LogP contribution in [0.2, 0.25) is 0 Å². The number of hydrogen-bond donors (Lipinski definition) is 2. The second-order valence-electron chi connectivity index (χ2n) is 6.29. The van der Waals surface area contributed by atoms with Crippen LogP contribution in [0, 0.1) is 17.6 Å². The number of phenols is 1. The highest BCUT2D eigenvalue weighted by Crippen LogP contribution is 2.21. The summed E-state index contributed by atoms with van der Waals surface area (Å²) in [6.07, 6.45) is 4.26. The average Bonchev–Trinajstić information content (AvgIpc) is 2.45. The van der Waals surface area contributed by atoms with E-state index in [0.717, 1.165) is 44.5 Å². The van der Waals surface area contributed by atoms with Gasteiger partial charge in [-0.1, -0.05) is 6.92 Å². The van der Waals surface area contributed by atoms with E-state index in [1.807, 2.05) is 0 Å². The molecule has 1 fully saturated rings. The largest absolute Gasteiger partial charge is 0.507 e. The van der Waals surface area contributed by atoms with Crippen molar-refractivity contribution in [3.63, 3.8) is 0 Å². The molecule has 23 heavy (non-hydrogen) atoms. The number of hydrogen-bond acceptors (Lipinski definition) is 3. The molecule has 4 nitrogen and oxygen atoms in total. The van der Waals surface area contributed by atoms with Crippen molar-refractivity contribution in [1.82, 2.24) is 10.2 Å². The Morgan fingerprint density at radius 1 is 1.39 bits per heavy atom. The van der Waals surface area contributed by atoms with Crippen LogP contribution in [-0.2, 0) is 0 Å². The molecule has 0 radical (unpaired) electrons. The first kappa shape index (κ1) is 17.7. The number of amides is 1. The van der Waals surface area contributed by atoms with Crippen LogP contribution in [0.1, 0.15) is 43.0 Å². The van der Waals surface area contributed by atoms with E-state index in [0.29, 0.717) is 12.6 Å². The highest BCUT2D eigenvalue weighted by Gasteiger charge is 2.18. The highest BCUT2D eigenvalue weighted by molar-refractivity contribution is 5.97. The number of piperidine rings is 1. The Morgan fingerprint density at radius 2 is 2.17 bits per heavy atom. The average molecular weight is 326 g/mol. The van der Waals surface area contributed by atoms with E-state index in [2.05, 4.69) is 17.1 Å². The molecule has 1 unspecified atom stereocenters. The minimum absolute atomic E-state index is 0.401. The standard InChI is InChI=1S/C17H24F2N2O2/c1-12-5-4-8-21(11-12)7-3-2-6-20-17(23)16-14(19)9-13(18)10-15(16)22/h9-10,12,22H,2-8,11H2,1H3,(H,20,23). The number of nitrogens with zero attached hydrogens (tertiary/aromatic N) is 1. The lowest BCUT2D eigenvalue weighted by Gasteiger charge is -2.30. The number of nitrogens with one attached hydrogen (secondary N) is 1. The van der Waals surface area contributed by atoms with Gasteiger partial charge in [-0.05, 0) is 44.7 Å². The number of aromatic hydroxyl groups is 1. The van der Waals surface area contributed by atoms with Crippen molar-refractivity contribution in [2.24, 2.45) is 5.92 Å². The van der Waals surface area contributed by atoms with Crippen molar-refractivity contribution in [2.75, 3.05) is 26.2 Å². The molecule has 1 saturated heterocycles. The monoisotopic (exact) mass is 326 g/mol. The van der Waals surface area contributed by atoms with E-state index >= 15 is 0 Å². The lowest BCUT2D eigenvalue weighted by Crippen LogP contribution is -2.35. The van der Waals surface area contributed by atoms with Crippen LogP contribution in [0.15, 0.2) is 12.1 Å². The smallest absolute Gasteiger partial charge is 0.258 e. The number of carbonyl (C=O) groups excluding carboxylic acids is 1. The van der Waals surface area contributed by atoms with Crippen molar-refractivity contribution in [3.8, 4) is 5.75 Å². The maximum absolute atomic E-state index is 13.5. The van der Waals surface area contributed by atoms with E-state index in [1.165, 1.54) is 12.8 Å². The number of phenolic OH excluding ortho intramolecular Hbond substituents is 1. The van der Waals surface area contributed by atoms with Crippen LogP contribution >= 0.6 is 0 Å². The quantitative estimate of drug-likeness (QED) is 0.790. The number of rotatable bonds is 6. The molecule has 2 N–H and O–H groups in total. The number of carbonyl (C=O) groups is 1. The van der Waals surface area contributed by atoms with Gasteiger partial charge in [0.2, 0.25) is 0 Å². The number of benzene rings is 1. The minimum atomic E-state index is -1.05. The van der Waals surface area contributed by atoms with Gasteiger partial charge in [0.25, 0.3) is 5.91 Å². The van der Waals surface area contributed by atoms with Gasteiger partial charge in [-0.25, -0.2) is 8.78 Å². The summed E-state index contributed by atoms with van der Waals surface area (Å²) in [6.45, 7) is 5.91. The summed E-state index contributed by atoms with van der Waals surface area (Å²) in [5.41, 5.74) is -0.503. The zero-order valence-corrected chi connectivity index (χ0v) is 13.4. The Bertz CT molecular complexity index is 528. The Balaban J connectivity index is 1.71. The summed E-state index contributed by atoms with van der Waals surface area (Å²) in [5, 5.41) is 12.1. The van der Waals surface area contributed by atoms with Gasteiger partial charge >= 0.3 is 0 Å². The predicted molar refractivity (Wildman–Crippen MR) is 84.4 cm³/mol. The lowest BCUT2D eigenvalue weighted by molar-refractivity contribution is 0.0945. The van der Waals surface area contributed by atoms with Gasteiger partial charge < -0.3 is 15.3 Å². The molecule has 1 heterocycles. The van der Waals surface area contributed by atoms with E-state index in [9.17, 15) is 18.7 Å². The summed E-state index contributed by atoms with van der Waals surface area (Å²) in [5.74, 6) is -2.61. The van der Waals surface area contributed by atoms with Gasteiger partial charge in [-0.3, -0.25) is 4.79 Å². The zero-order chi connectivity index (χ0) is 16.8. The molecule has 0 bridgehead atoms. The molecule has 0 spiro atoms. The minimum Gasteiger partial charge on any atom is -0.507 e. The van der Waals surface area contributed by atoms with Crippen molar-refractivity contribution < 1.29 is 18.7 Å². The van der Waals surface area contributed by atoms with Crippen LogP contribution in [-0.4, -0.2) is 42.1 Å². The molecule has 1 aromatic carbocycles. The first-order valence-corrected chi connectivity index (χ1v) is 8.16. The fourth-order valence-corrected chi connectivity index (χ4v) is 3.03. The summed E-state index contributed by atoms with van der Waals surface area (Å²) in [6, 6.07) is 1.32. The SMILES string of the molecule is CC1CCCN(CCCCNC(=O)c2c(O)cc(F)cc2F)C1. The summed E-state index contributed by atoms with van der Waals surface area (Å²) >= 11 is 0. The highest BCUT2D eigenvalue weighted by atomic mass is 19.1. The first-order chi connectivity index (χ1) is 11.0. The third-order valence-corrected chi connectivity index (χ3v) is 4.19. The Hall–Kier alpha value is -1.69. The second kappa shape index (κ2) is 8.24. The third-order valence-electron chi connectivity index (χ3n) is 4.19. The Kier molecular flexibility index (Phi) is 6.33. The van der Waals surface area contributed by atoms with E-state index in [-0.39, 0.29) is 0 Å². The van der Waals surface area contributed by atoms with Crippen LogP contribution < -0.4 is 5.32 Å². The van der Waals surface area contributed by atoms with Crippen molar-refractivity contribution in [3.05, 3.63) is 29.3 Å². The first-order valence-electron chi connectivity index (χ1n) is 8.16. The summed E-state index contributed by atoms with van der Waals surface area (Å²) in [7, 11) is 0. The van der Waals surface area contributed by atoms with Gasteiger partial charge in [0.1, 0.15) is 22.9 Å². The van der Waals surface area contributed by atoms with Gasteiger partial charge in [0.15, 0.2) is 0 Å². The van der Waals surface area contributed by atoms with Crippen LogP contribution in [0.4, 0.5) is 8.78 Å². The lowest BCUT2D eigenvalue weighted by atomic mass is 10.0. The summed E-state index contributed by atoms with van der Waals surface area (Å²) < 4.78 is 26.4. The topological polar surface area (TPSA) is 52.6 Å². The van der Waals surface area contributed by atoms with Gasteiger partial charge in [0, 0.05) is 25.2 Å². The van der Waals surface area contributed by atoms with Crippen LogP contribution in [0.5, 0.6) is 5.75 Å². The van der Waals surface area contributed by atoms with Crippen LogP contribution in [0.3, 0.4) is 0 Å². The fourth-order valence-electron chi connectivity index (χ4n) is 3.03. The molecular weight excluding hydrogens is 302 g/mol. The molecule has 1 amide bonds.